The molecule has 0 radical (unpaired) electrons. The molecule has 17 heavy (non-hydrogen) atoms. The highest BCUT2D eigenvalue weighted by Crippen LogP contribution is 2.33. The number of piperazine rings is 3. The van der Waals surface area contributed by atoms with E-state index in [2.05, 4.69) is 16.7 Å². The van der Waals surface area contributed by atoms with E-state index in [1.54, 1.807) is 0 Å². The molecular weight excluding hydrogens is 212 g/mol. The summed E-state index contributed by atoms with van der Waals surface area (Å²) >= 11 is 0. The molecule has 0 amide bonds. The van der Waals surface area contributed by atoms with Crippen molar-refractivity contribution in [3.8, 4) is 0 Å². The van der Waals surface area contributed by atoms with Gasteiger partial charge in [0.25, 0.3) is 0 Å². The highest BCUT2D eigenvalue weighted by atomic mass is 16.3. The molecule has 4 fully saturated rings. The Bertz CT molecular complexity index is 255. The van der Waals surface area contributed by atoms with E-state index in [0.29, 0.717) is 12.0 Å². The number of hydrogen-bond acceptors (Lipinski definition) is 3. The summed E-state index contributed by atoms with van der Waals surface area (Å²) in [6.45, 7) is 8.22. The van der Waals surface area contributed by atoms with Crippen LogP contribution >= 0.6 is 0 Å². The van der Waals surface area contributed by atoms with Crippen molar-refractivity contribution in [2.75, 3.05) is 32.7 Å². The molecule has 98 valence electrons. The summed E-state index contributed by atoms with van der Waals surface area (Å²) in [5.74, 6) is 1.45. The van der Waals surface area contributed by atoms with Crippen LogP contribution in [0.5, 0.6) is 0 Å². The fourth-order valence-corrected chi connectivity index (χ4v) is 3.92. The minimum Gasteiger partial charge on any atom is -0.391 e. The van der Waals surface area contributed by atoms with Crippen LogP contribution in [-0.2, 0) is 0 Å². The lowest BCUT2D eigenvalue weighted by Gasteiger charge is -2.50. The molecule has 3 heterocycles. The molecule has 3 heteroatoms. The van der Waals surface area contributed by atoms with Gasteiger partial charge in [-0.1, -0.05) is 19.8 Å². The van der Waals surface area contributed by atoms with Gasteiger partial charge in [0.15, 0.2) is 0 Å². The molecule has 1 N–H and O–H groups in total. The number of hydrogen-bond donors (Lipinski definition) is 1. The monoisotopic (exact) mass is 238 g/mol. The quantitative estimate of drug-likeness (QED) is 0.782. The maximum absolute atomic E-state index is 10.6. The Morgan fingerprint density at radius 3 is 2.18 bits per heavy atom. The number of fused-ring (bicyclic) bond motifs is 3. The van der Waals surface area contributed by atoms with E-state index in [9.17, 15) is 5.11 Å². The molecular formula is C14H26N2O. The van der Waals surface area contributed by atoms with Crippen molar-refractivity contribution >= 4 is 0 Å². The van der Waals surface area contributed by atoms with Crippen LogP contribution in [0.25, 0.3) is 0 Å². The zero-order chi connectivity index (χ0) is 11.8. The Morgan fingerprint density at radius 2 is 1.65 bits per heavy atom. The Hall–Kier alpha value is -0.120. The largest absolute Gasteiger partial charge is 0.391 e. The second-order valence-corrected chi connectivity index (χ2v) is 6.41. The van der Waals surface area contributed by atoms with Gasteiger partial charge >= 0.3 is 0 Å². The predicted molar refractivity (Wildman–Crippen MR) is 68.9 cm³/mol. The Labute approximate surface area is 105 Å². The van der Waals surface area contributed by atoms with Gasteiger partial charge in [-0.25, -0.2) is 0 Å². The Morgan fingerprint density at radius 1 is 1.00 bits per heavy atom. The maximum Gasteiger partial charge on any atom is 0.0735 e. The van der Waals surface area contributed by atoms with Gasteiger partial charge in [0.1, 0.15) is 0 Å². The van der Waals surface area contributed by atoms with Crippen LogP contribution < -0.4 is 0 Å². The van der Waals surface area contributed by atoms with E-state index >= 15 is 0 Å². The van der Waals surface area contributed by atoms with Crippen molar-refractivity contribution < 1.29 is 5.11 Å². The molecule has 4 rings (SSSR count). The summed E-state index contributed by atoms with van der Waals surface area (Å²) in [7, 11) is 0. The first-order valence-corrected chi connectivity index (χ1v) is 7.38. The van der Waals surface area contributed by atoms with Gasteiger partial charge in [-0.2, -0.15) is 0 Å². The molecule has 2 atom stereocenters. The minimum atomic E-state index is -0.0781. The van der Waals surface area contributed by atoms with Crippen LogP contribution in [0.4, 0.5) is 0 Å². The van der Waals surface area contributed by atoms with Gasteiger partial charge in [-0.15, -0.1) is 0 Å². The van der Waals surface area contributed by atoms with Gasteiger partial charge in [0.05, 0.1) is 6.10 Å². The first-order valence-electron chi connectivity index (χ1n) is 7.38. The lowest BCUT2D eigenvalue weighted by atomic mass is 9.77. The van der Waals surface area contributed by atoms with Gasteiger partial charge in [0.2, 0.25) is 0 Å². The second kappa shape index (κ2) is 4.87. The highest BCUT2D eigenvalue weighted by molar-refractivity contribution is 4.94. The maximum atomic E-state index is 10.6. The average Bonchev–Trinajstić information content (AvgIpc) is 2.40. The molecule has 0 aromatic carbocycles. The van der Waals surface area contributed by atoms with E-state index in [1.165, 1.54) is 51.9 Å². The molecule has 0 aromatic rings. The van der Waals surface area contributed by atoms with E-state index in [4.69, 9.17) is 0 Å². The smallest absolute Gasteiger partial charge is 0.0735 e. The van der Waals surface area contributed by atoms with Crippen LogP contribution in [0, 0.1) is 11.8 Å². The summed E-state index contributed by atoms with van der Waals surface area (Å²) < 4.78 is 0. The molecule has 3 saturated heterocycles. The molecule has 0 spiro atoms. The van der Waals surface area contributed by atoms with Crippen LogP contribution in [0.2, 0.25) is 0 Å². The topological polar surface area (TPSA) is 26.7 Å². The number of aliphatic hydroxyl groups is 1. The SMILES string of the molecule is CC1CCC(C(O)C2CN3CCN2CC3)CC1. The van der Waals surface area contributed by atoms with Crippen molar-refractivity contribution in [2.24, 2.45) is 11.8 Å². The molecule has 2 unspecified atom stereocenters. The first-order chi connectivity index (χ1) is 8.24. The zero-order valence-corrected chi connectivity index (χ0v) is 11.0. The highest BCUT2D eigenvalue weighted by Gasteiger charge is 2.39. The molecule has 3 aliphatic heterocycles. The van der Waals surface area contributed by atoms with Crippen molar-refractivity contribution in [3.05, 3.63) is 0 Å². The van der Waals surface area contributed by atoms with Crippen LogP contribution in [-0.4, -0.2) is 59.8 Å². The zero-order valence-electron chi connectivity index (χ0n) is 11.0. The van der Waals surface area contributed by atoms with E-state index in [-0.39, 0.29) is 6.10 Å². The third kappa shape index (κ3) is 2.38. The second-order valence-electron chi connectivity index (χ2n) is 6.41. The van der Waals surface area contributed by atoms with Crippen molar-refractivity contribution in [3.63, 3.8) is 0 Å². The fraction of sp³-hybridized carbons (Fsp3) is 1.00. The van der Waals surface area contributed by atoms with Gasteiger partial charge in [-0.05, 0) is 24.7 Å². The van der Waals surface area contributed by atoms with Gasteiger partial charge in [0, 0.05) is 38.8 Å². The van der Waals surface area contributed by atoms with Crippen molar-refractivity contribution in [2.45, 2.75) is 44.8 Å². The lowest BCUT2D eigenvalue weighted by Crippen LogP contribution is -2.65. The van der Waals surface area contributed by atoms with Crippen LogP contribution in [0.15, 0.2) is 0 Å². The number of nitrogens with zero attached hydrogens (tertiary/aromatic N) is 2. The summed E-state index contributed by atoms with van der Waals surface area (Å²) in [5, 5.41) is 10.6. The third-order valence-corrected chi connectivity index (χ3v) is 5.26. The Balaban J connectivity index is 1.60. The number of aliphatic hydroxyl groups excluding tert-OH is 1. The standard InChI is InChI=1S/C14H26N2O/c1-11-2-4-12(5-3-11)14(17)13-10-15-6-8-16(13)9-7-15/h11-14,17H,2-10H2,1H3. The fourth-order valence-electron chi connectivity index (χ4n) is 3.92. The van der Waals surface area contributed by atoms with E-state index < -0.39 is 0 Å². The molecule has 1 aliphatic carbocycles. The summed E-state index contributed by atoms with van der Waals surface area (Å²) in [4.78, 5) is 5.06. The molecule has 2 bridgehead atoms. The molecule has 0 aromatic heterocycles. The molecule has 3 nitrogen and oxygen atoms in total. The van der Waals surface area contributed by atoms with Crippen molar-refractivity contribution in [1.82, 2.24) is 9.80 Å². The molecule has 1 saturated carbocycles. The van der Waals surface area contributed by atoms with E-state index in [1.807, 2.05) is 0 Å². The summed E-state index contributed by atoms with van der Waals surface area (Å²) in [6, 6.07) is 0.427. The minimum absolute atomic E-state index is 0.0781. The lowest BCUT2D eigenvalue weighted by molar-refractivity contribution is -0.0714. The Kier molecular flexibility index (Phi) is 3.42. The van der Waals surface area contributed by atoms with Crippen LogP contribution in [0.3, 0.4) is 0 Å². The van der Waals surface area contributed by atoms with E-state index in [0.717, 1.165) is 12.5 Å². The van der Waals surface area contributed by atoms with Gasteiger partial charge < -0.3 is 5.11 Å². The number of rotatable bonds is 2. The summed E-state index contributed by atoms with van der Waals surface area (Å²) in [5.41, 5.74) is 0. The first kappa shape index (κ1) is 11.9. The molecule has 4 aliphatic rings. The van der Waals surface area contributed by atoms with Crippen molar-refractivity contribution in [1.29, 1.82) is 0 Å². The predicted octanol–water partition coefficient (Wildman–Crippen LogP) is 1.17. The third-order valence-electron chi connectivity index (χ3n) is 5.26. The summed E-state index contributed by atoms with van der Waals surface area (Å²) in [6.07, 6.45) is 5.04. The normalized spacial score (nSPS) is 48.0. The average molecular weight is 238 g/mol. The van der Waals surface area contributed by atoms with Crippen LogP contribution in [0.1, 0.15) is 32.6 Å². The van der Waals surface area contributed by atoms with Gasteiger partial charge in [-0.3, -0.25) is 9.80 Å².